The quantitative estimate of drug-likeness (QED) is 0.733. The van der Waals surface area contributed by atoms with Crippen molar-refractivity contribution in [3.05, 3.63) is 10.6 Å². The molecule has 68 valence electrons. The summed E-state index contributed by atoms with van der Waals surface area (Å²) in [5.41, 5.74) is 0.889. The maximum absolute atomic E-state index is 11.1. The smallest absolute Gasteiger partial charge is 0.209 e. The molecule has 12 heavy (non-hydrogen) atoms. The second-order valence-corrected chi connectivity index (χ2v) is 6.00. The van der Waals surface area contributed by atoms with E-state index >= 15 is 0 Å². The van der Waals surface area contributed by atoms with Gasteiger partial charge in [-0.3, -0.25) is 0 Å². The van der Waals surface area contributed by atoms with Crippen LogP contribution in [0.4, 0.5) is 0 Å². The van der Waals surface area contributed by atoms with Crippen molar-refractivity contribution in [2.45, 2.75) is 24.6 Å². The van der Waals surface area contributed by atoms with Gasteiger partial charge in [-0.05, 0) is 13.3 Å². The predicted octanol–water partition coefficient (Wildman–Crippen LogP) is 1.42. The van der Waals surface area contributed by atoms with Crippen LogP contribution >= 0.6 is 11.3 Å². The first-order valence-electron chi connectivity index (χ1n) is 3.61. The average Bonchev–Trinajstić information content (AvgIpc) is 2.29. The number of rotatable bonds is 2. The summed E-state index contributed by atoms with van der Waals surface area (Å²) in [7, 11) is -3.11. The van der Waals surface area contributed by atoms with Gasteiger partial charge in [0, 0.05) is 11.1 Å². The van der Waals surface area contributed by atoms with Gasteiger partial charge in [-0.25, -0.2) is 13.4 Å². The van der Waals surface area contributed by atoms with E-state index in [4.69, 9.17) is 0 Å². The van der Waals surface area contributed by atoms with Crippen LogP contribution in [0.25, 0.3) is 0 Å². The number of sulfone groups is 1. The summed E-state index contributed by atoms with van der Waals surface area (Å²) in [6.45, 7) is 3.86. The highest BCUT2D eigenvalue weighted by atomic mass is 32.2. The van der Waals surface area contributed by atoms with Crippen molar-refractivity contribution in [2.75, 3.05) is 6.26 Å². The highest BCUT2D eigenvalue weighted by Gasteiger charge is 2.14. The zero-order chi connectivity index (χ0) is 9.35. The zero-order valence-electron chi connectivity index (χ0n) is 7.29. The molecule has 0 fully saturated rings. The Labute approximate surface area is 76.4 Å². The lowest BCUT2D eigenvalue weighted by Crippen LogP contribution is -1.96. The molecule has 0 amide bonds. The first-order chi connectivity index (χ1) is 5.45. The molecule has 0 aromatic carbocycles. The topological polar surface area (TPSA) is 47.0 Å². The van der Waals surface area contributed by atoms with Crippen LogP contribution in [-0.2, 0) is 16.3 Å². The molecule has 0 atom stereocenters. The van der Waals surface area contributed by atoms with E-state index in [2.05, 4.69) is 4.98 Å². The molecule has 0 saturated carbocycles. The van der Waals surface area contributed by atoms with Crippen LogP contribution in [-0.4, -0.2) is 19.7 Å². The summed E-state index contributed by atoms with van der Waals surface area (Å²) in [4.78, 5) is 5.03. The Morgan fingerprint density at radius 3 is 2.33 bits per heavy atom. The minimum absolute atomic E-state index is 0.233. The monoisotopic (exact) mass is 205 g/mol. The fourth-order valence-electron chi connectivity index (χ4n) is 0.888. The van der Waals surface area contributed by atoms with E-state index in [0.29, 0.717) is 0 Å². The van der Waals surface area contributed by atoms with Gasteiger partial charge in [-0.2, -0.15) is 0 Å². The van der Waals surface area contributed by atoms with Crippen molar-refractivity contribution in [2.24, 2.45) is 0 Å². The maximum atomic E-state index is 11.1. The van der Waals surface area contributed by atoms with Gasteiger partial charge in [-0.15, -0.1) is 11.3 Å². The first kappa shape index (κ1) is 9.67. The number of nitrogens with zero attached hydrogens (tertiary/aromatic N) is 1. The van der Waals surface area contributed by atoms with Gasteiger partial charge in [0.15, 0.2) is 0 Å². The third kappa shape index (κ3) is 1.84. The van der Waals surface area contributed by atoms with Crippen molar-refractivity contribution < 1.29 is 8.42 Å². The highest BCUT2D eigenvalue weighted by Crippen LogP contribution is 2.21. The second kappa shape index (κ2) is 3.14. The molecule has 0 saturated heterocycles. The van der Waals surface area contributed by atoms with Crippen molar-refractivity contribution in [1.82, 2.24) is 4.98 Å². The van der Waals surface area contributed by atoms with Crippen LogP contribution in [0.1, 0.15) is 17.5 Å². The zero-order valence-corrected chi connectivity index (χ0v) is 8.92. The van der Waals surface area contributed by atoms with Crippen LogP contribution < -0.4 is 0 Å². The van der Waals surface area contributed by atoms with Crippen LogP contribution in [0.15, 0.2) is 4.34 Å². The van der Waals surface area contributed by atoms with Crippen molar-refractivity contribution in [1.29, 1.82) is 0 Å². The Hall–Kier alpha value is -0.420. The third-order valence-corrected chi connectivity index (χ3v) is 4.22. The molecule has 0 unspecified atom stereocenters. The Kier molecular flexibility index (Phi) is 2.53. The number of aryl methyl sites for hydroxylation is 2. The Morgan fingerprint density at radius 2 is 2.08 bits per heavy atom. The first-order valence-corrected chi connectivity index (χ1v) is 6.32. The molecule has 0 N–H and O–H groups in total. The lowest BCUT2D eigenvalue weighted by atomic mass is 10.3. The number of hydrogen-bond donors (Lipinski definition) is 0. The van der Waals surface area contributed by atoms with Crippen molar-refractivity contribution in [3.63, 3.8) is 0 Å². The van der Waals surface area contributed by atoms with Gasteiger partial charge < -0.3 is 0 Å². The van der Waals surface area contributed by atoms with Gasteiger partial charge in [0.25, 0.3) is 0 Å². The van der Waals surface area contributed by atoms with E-state index in [9.17, 15) is 8.42 Å². The maximum Gasteiger partial charge on any atom is 0.209 e. The molecule has 1 heterocycles. The van der Waals surface area contributed by atoms with E-state index in [-0.39, 0.29) is 4.34 Å². The van der Waals surface area contributed by atoms with Crippen molar-refractivity contribution >= 4 is 21.2 Å². The van der Waals surface area contributed by atoms with Crippen LogP contribution in [0.5, 0.6) is 0 Å². The second-order valence-electron chi connectivity index (χ2n) is 2.61. The molecular formula is C7H11NO2S2. The van der Waals surface area contributed by atoms with Gasteiger partial charge in [0.05, 0.1) is 5.69 Å². The third-order valence-electron chi connectivity index (χ3n) is 1.53. The number of aromatic nitrogens is 1. The van der Waals surface area contributed by atoms with Crippen LogP contribution in [0.2, 0.25) is 0 Å². The molecule has 1 aromatic rings. The summed E-state index contributed by atoms with van der Waals surface area (Å²) >= 11 is 1.25. The SMILES string of the molecule is CCc1nc(S(C)(=O)=O)sc1C. The molecule has 3 nitrogen and oxygen atoms in total. The minimum Gasteiger partial charge on any atom is -0.230 e. The molecule has 5 heteroatoms. The number of thiazole rings is 1. The lowest BCUT2D eigenvalue weighted by molar-refractivity contribution is 0.600. The molecule has 0 radical (unpaired) electrons. The van der Waals surface area contributed by atoms with Gasteiger partial charge in [-0.1, -0.05) is 6.92 Å². The summed E-state index contributed by atoms with van der Waals surface area (Å²) in [6, 6.07) is 0. The number of hydrogen-bond acceptors (Lipinski definition) is 4. The fraction of sp³-hybridized carbons (Fsp3) is 0.571. The van der Waals surface area contributed by atoms with E-state index in [0.717, 1.165) is 17.0 Å². The molecule has 1 aromatic heterocycles. The molecule has 0 aliphatic carbocycles. The highest BCUT2D eigenvalue weighted by molar-refractivity contribution is 7.92. The standard InChI is InChI=1S/C7H11NO2S2/c1-4-6-5(2)11-7(8-6)12(3,9)10/h4H2,1-3H3. The Morgan fingerprint density at radius 1 is 1.50 bits per heavy atom. The van der Waals surface area contributed by atoms with E-state index in [1.165, 1.54) is 17.6 Å². The predicted molar refractivity (Wildman–Crippen MR) is 49.3 cm³/mol. The summed E-state index contributed by atoms with van der Waals surface area (Å²) < 4.78 is 22.4. The van der Waals surface area contributed by atoms with Crippen molar-refractivity contribution in [3.8, 4) is 0 Å². The van der Waals surface area contributed by atoms with E-state index in [1.807, 2.05) is 13.8 Å². The molecule has 0 aliphatic rings. The largest absolute Gasteiger partial charge is 0.230 e. The molecule has 0 bridgehead atoms. The summed E-state index contributed by atoms with van der Waals surface area (Å²) in [6.07, 6.45) is 1.97. The minimum atomic E-state index is -3.11. The average molecular weight is 205 g/mol. The Bertz CT molecular complexity index is 378. The van der Waals surface area contributed by atoms with Gasteiger partial charge in [0.2, 0.25) is 14.2 Å². The van der Waals surface area contributed by atoms with Crippen LogP contribution in [0.3, 0.4) is 0 Å². The molecule has 1 rings (SSSR count). The fourth-order valence-corrected chi connectivity index (χ4v) is 2.87. The lowest BCUT2D eigenvalue weighted by Gasteiger charge is -1.87. The van der Waals surface area contributed by atoms with E-state index < -0.39 is 9.84 Å². The Balaban J connectivity index is 3.23. The molecular weight excluding hydrogens is 194 g/mol. The van der Waals surface area contributed by atoms with Gasteiger partial charge >= 0.3 is 0 Å². The van der Waals surface area contributed by atoms with E-state index in [1.54, 1.807) is 0 Å². The van der Waals surface area contributed by atoms with Crippen LogP contribution in [0, 0.1) is 6.92 Å². The summed E-state index contributed by atoms with van der Waals surface area (Å²) in [5, 5.41) is 0. The molecule has 0 aliphatic heterocycles. The summed E-state index contributed by atoms with van der Waals surface area (Å²) in [5.74, 6) is 0. The molecule has 0 spiro atoms. The van der Waals surface area contributed by atoms with Gasteiger partial charge in [0.1, 0.15) is 0 Å². The normalized spacial score (nSPS) is 11.9.